The van der Waals surface area contributed by atoms with Gasteiger partial charge in [-0.2, -0.15) is 16.8 Å². The van der Waals surface area contributed by atoms with E-state index in [1.165, 1.54) is 13.0 Å². The number of nitrogens with one attached hydrogen (secondary N) is 7. The highest BCUT2D eigenvalue weighted by Crippen LogP contribution is 2.47. The van der Waals surface area contributed by atoms with Crippen LogP contribution in [0.5, 0.6) is 0 Å². The maximum atomic E-state index is 14.6. The van der Waals surface area contributed by atoms with Gasteiger partial charge in [0.1, 0.15) is 46.2 Å². The lowest BCUT2D eigenvalue weighted by Crippen LogP contribution is -2.63. The number of aliphatic hydroxyl groups excluding tert-OH is 1. The molecule has 2 heterocycles. The zero-order chi connectivity index (χ0) is 49.5. The molecule has 13 N–H and O–H groups in total. The molecule has 0 saturated heterocycles. The second kappa shape index (κ2) is 19.2. The summed E-state index contributed by atoms with van der Waals surface area (Å²) in [6, 6.07) is -7.06. The van der Waals surface area contributed by atoms with E-state index in [2.05, 4.69) is 10.0 Å². The Morgan fingerprint density at radius 2 is 1.55 bits per heavy atom. The first-order valence-corrected chi connectivity index (χ1v) is 26.2. The fourth-order valence-corrected chi connectivity index (χ4v) is 12.3. The molecule has 0 spiro atoms. The number of ether oxygens (including phenoxy) is 1. The van der Waals surface area contributed by atoms with E-state index in [-0.39, 0.29) is 16.7 Å². The summed E-state index contributed by atoms with van der Waals surface area (Å²) in [5.41, 5.74) is -5.07. The Bertz CT molecular complexity index is 2870. The molecule has 2 aliphatic heterocycles. The van der Waals surface area contributed by atoms with Crippen LogP contribution in [0.4, 0.5) is 0 Å². The molecule has 66 heavy (non-hydrogen) atoms. The Morgan fingerprint density at radius 3 is 2.14 bits per heavy atom. The van der Waals surface area contributed by atoms with Crippen molar-refractivity contribution >= 4 is 86.5 Å². The highest BCUT2D eigenvalue weighted by atomic mass is 32.2. The molecule has 5 aliphatic rings. The maximum Gasteiger partial charge on any atom is 0.336 e. The predicted molar refractivity (Wildman–Crippen MR) is 228 cm³/mol. The fourth-order valence-electron chi connectivity index (χ4n) is 7.22. The molecule has 32 heteroatoms. The number of carboxylic acid groups (broad SMARTS) is 2. The number of carbonyl (C=O) groups is 4. The van der Waals surface area contributed by atoms with Crippen LogP contribution in [0.15, 0.2) is 81.6 Å². The van der Waals surface area contributed by atoms with Gasteiger partial charge in [0.15, 0.2) is 16.3 Å². The molecule has 3 aliphatic carbocycles. The van der Waals surface area contributed by atoms with Gasteiger partial charge in [-0.1, -0.05) is 24.3 Å². The lowest BCUT2D eigenvalue weighted by Gasteiger charge is -2.43. The Hall–Kier alpha value is -5.13. The normalized spacial score (nSPS) is 31.3. The van der Waals surface area contributed by atoms with Gasteiger partial charge in [0.05, 0.1) is 34.5 Å². The zero-order valence-corrected chi connectivity index (χ0v) is 37.7. The first-order chi connectivity index (χ1) is 30.4. The minimum atomic E-state index is -5.48. The second-order valence-electron chi connectivity index (χ2n) is 15.1. The van der Waals surface area contributed by atoms with Crippen LogP contribution in [0.2, 0.25) is 0 Å². The minimum Gasteiger partial charge on any atom is -0.485 e. The quantitative estimate of drug-likeness (QED) is 0.0768. The second-order valence-corrected chi connectivity index (χ2v) is 22.6. The van der Waals surface area contributed by atoms with Crippen molar-refractivity contribution in [2.75, 3.05) is 30.3 Å². The third kappa shape index (κ3) is 11.7. The number of allylic oxidation sites excluding steroid dienone is 6. The first-order valence-electron chi connectivity index (χ1n) is 18.7. The van der Waals surface area contributed by atoms with E-state index < -0.39 is 180 Å². The van der Waals surface area contributed by atoms with Crippen LogP contribution in [0, 0.1) is 22.2 Å². The van der Waals surface area contributed by atoms with Crippen LogP contribution in [0.3, 0.4) is 0 Å². The number of sulfonamides is 2. The lowest BCUT2D eigenvalue weighted by atomic mass is 9.75. The summed E-state index contributed by atoms with van der Waals surface area (Å²) in [6.45, 7) is -0.313. The fraction of sp³-hybridized carbons (Fsp3) is 0.412. The largest absolute Gasteiger partial charge is 0.485 e. The van der Waals surface area contributed by atoms with Crippen molar-refractivity contribution in [2.45, 2.75) is 42.6 Å². The van der Waals surface area contributed by atoms with Gasteiger partial charge in [0.25, 0.3) is 20.2 Å². The summed E-state index contributed by atoms with van der Waals surface area (Å²) in [5.74, 6) is -13.0. The molecule has 362 valence electrons. The highest BCUT2D eigenvalue weighted by molar-refractivity contribution is 7.94. The summed E-state index contributed by atoms with van der Waals surface area (Å²) < 4.78 is 157. The SMILES string of the molecule is CC1(C(=O)O)C=CC(C(=O)O)=C(C2=C3C=CC(=N)C4=C3OC3C2C=CC(=N)C3S(=O)(=O)NC(CS(=O)(=O)O)C(O)NC(CS(=O)O)C(=O)NC(CS(=O)(=O)O)C(=O)NCCNS4(=O)=O)C=C1. The van der Waals surface area contributed by atoms with Crippen LogP contribution >= 0.6 is 0 Å². The van der Waals surface area contributed by atoms with Crippen LogP contribution in [-0.2, 0) is 75.3 Å². The standard InChI is InChI=1S/C34H41N7O20S5/c1-34(33(47)48)8-6-15(16(7-9-34)32(45)46)24-17-2-4-19(35)27-25(17)61-26-18(24)3-5-20(36)28(26)66(59,60)41-23(14-64(54,55)56)31(44)39-21(12-62(49)50)30(43)40-22(13-63(51,52)53)29(42)37-10-11-38-65(27,57)58/h2-9,18,21-23,26,28,31,35-36,38-39,41,44H,10-14H2,1H3,(H,37,42)(H,40,43)(H,45,46)(H,47,48)(H,49,50)(H,51,52,53)(H,54,55,56). The van der Waals surface area contributed by atoms with Gasteiger partial charge in [-0.25, -0.2) is 35.3 Å². The van der Waals surface area contributed by atoms with Crippen LogP contribution in [0.1, 0.15) is 6.92 Å². The molecule has 0 aromatic rings. The van der Waals surface area contributed by atoms with Crippen LogP contribution in [-0.4, -0.2) is 168 Å². The lowest BCUT2D eigenvalue weighted by molar-refractivity contribution is -0.143. The average molecular weight is 1030 g/mol. The summed E-state index contributed by atoms with van der Waals surface area (Å²) in [6.07, 6.45) is 3.47. The molecule has 0 radical (unpaired) electrons. The third-order valence-electron chi connectivity index (χ3n) is 10.3. The van der Waals surface area contributed by atoms with Gasteiger partial charge < -0.3 is 40.7 Å². The number of aliphatic carboxylic acids is 2. The molecule has 2 bridgehead atoms. The van der Waals surface area contributed by atoms with Crippen molar-refractivity contribution in [3.8, 4) is 0 Å². The van der Waals surface area contributed by atoms with Gasteiger partial charge in [-0.05, 0) is 42.4 Å². The number of carbonyl (C=O) groups excluding carboxylic acids is 2. The van der Waals surface area contributed by atoms with Crippen LogP contribution < -0.4 is 25.4 Å². The topological polar surface area (TPSA) is 460 Å². The monoisotopic (exact) mass is 1030 g/mol. The molecule has 0 aromatic carbocycles. The van der Waals surface area contributed by atoms with E-state index in [0.29, 0.717) is 0 Å². The third-order valence-corrected chi connectivity index (χ3v) is 15.8. The summed E-state index contributed by atoms with van der Waals surface area (Å²) >= 11 is -3.01. The van der Waals surface area contributed by atoms with Gasteiger partial charge in [0, 0.05) is 24.6 Å². The molecule has 0 aromatic heterocycles. The molecular formula is C34H41N7O20S5. The van der Waals surface area contributed by atoms with Crippen molar-refractivity contribution in [1.82, 2.24) is 25.4 Å². The van der Waals surface area contributed by atoms with E-state index in [1.54, 1.807) is 4.72 Å². The number of carboxylic acids is 2. The maximum absolute atomic E-state index is 14.6. The molecule has 9 unspecified atom stereocenters. The van der Waals surface area contributed by atoms with Gasteiger partial charge in [-0.3, -0.25) is 34.2 Å². The highest BCUT2D eigenvalue weighted by Gasteiger charge is 2.52. The van der Waals surface area contributed by atoms with Gasteiger partial charge >= 0.3 is 11.9 Å². The molecule has 5 rings (SSSR count). The summed E-state index contributed by atoms with van der Waals surface area (Å²) in [7, 11) is -21.1. The van der Waals surface area contributed by atoms with Crippen molar-refractivity contribution in [3.63, 3.8) is 0 Å². The van der Waals surface area contributed by atoms with Crippen LogP contribution in [0.25, 0.3) is 0 Å². The van der Waals surface area contributed by atoms with Gasteiger partial charge in [-0.15, -0.1) is 0 Å². The molecule has 27 nitrogen and oxygen atoms in total. The van der Waals surface area contributed by atoms with Crippen molar-refractivity contribution in [2.24, 2.45) is 11.3 Å². The van der Waals surface area contributed by atoms with E-state index in [1.807, 2.05) is 10.6 Å². The number of amides is 2. The molecule has 0 fully saturated rings. The average Bonchev–Trinajstić information content (AvgIpc) is 3.35. The Labute approximate surface area is 377 Å². The minimum absolute atomic E-state index is 0.254. The predicted octanol–water partition coefficient (Wildman–Crippen LogP) is -4.25. The zero-order valence-electron chi connectivity index (χ0n) is 33.6. The Kier molecular flexibility index (Phi) is 15.1. The Balaban J connectivity index is 1.81. The molecular weight excluding hydrogens is 987 g/mol. The van der Waals surface area contributed by atoms with Crippen molar-refractivity contribution in [3.05, 3.63) is 81.6 Å². The number of hydrogen-bond acceptors (Lipinski definition) is 18. The van der Waals surface area contributed by atoms with E-state index in [4.69, 9.17) is 15.6 Å². The number of rotatable bonds is 9. The number of hydrogen-bond donors (Lipinski definition) is 13. The van der Waals surface area contributed by atoms with E-state index in [0.717, 1.165) is 42.5 Å². The molecule has 0 saturated carbocycles. The smallest absolute Gasteiger partial charge is 0.336 e. The summed E-state index contributed by atoms with van der Waals surface area (Å²) in [5, 5.41) is 52.6. The molecule has 2 amide bonds. The summed E-state index contributed by atoms with van der Waals surface area (Å²) in [4.78, 5) is 50.8. The molecule has 9 atom stereocenters. The Morgan fingerprint density at radius 1 is 0.909 bits per heavy atom. The van der Waals surface area contributed by atoms with Crippen molar-refractivity contribution < 1.29 is 90.8 Å². The first kappa shape index (κ1) is 51.8. The van der Waals surface area contributed by atoms with E-state index >= 15 is 0 Å². The van der Waals surface area contributed by atoms with E-state index in [9.17, 15) is 86.0 Å². The number of aliphatic hydroxyl groups is 1. The van der Waals surface area contributed by atoms with Crippen molar-refractivity contribution in [1.29, 1.82) is 10.8 Å². The van der Waals surface area contributed by atoms with Gasteiger partial charge in [0.2, 0.25) is 31.9 Å².